The summed E-state index contributed by atoms with van der Waals surface area (Å²) in [6.07, 6.45) is 2.05. The second-order valence-electron chi connectivity index (χ2n) is 3.58. The minimum absolute atomic E-state index is 0.161. The van der Waals surface area contributed by atoms with Crippen molar-refractivity contribution in [2.24, 2.45) is 0 Å². The lowest BCUT2D eigenvalue weighted by Gasteiger charge is -2.21. The number of piperidine rings is 1. The largest absolute Gasteiger partial charge is 0.369 e. The molecular formula is C9H14N4O. The number of aromatic nitrogens is 2. The number of nitrogens with two attached hydrogens (primary N) is 1. The molecule has 1 saturated heterocycles. The van der Waals surface area contributed by atoms with Crippen molar-refractivity contribution in [2.75, 3.05) is 18.8 Å². The Morgan fingerprint density at radius 2 is 2.14 bits per heavy atom. The van der Waals surface area contributed by atoms with Gasteiger partial charge in [0.1, 0.15) is 0 Å². The molecular weight excluding hydrogens is 180 g/mol. The van der Waals surface area contributed by atoms with Crippen LogP contribution in [0.25, 0.3) is 0 Å². The third-order valence-corrected chi connectivity index (χ3v) is 2.54. The molecule has 5 heteroatoms. The Balaban J connectivity index is 2.26. The summed E-state index contributed by atoms with van der Waals surface area (Å²) in [5.41, 5.74) is 6.15. The smallest absolute Gasteiger partial charge is 0.252 e. The van der Waals surface area contributed by atoms with Gasteiger partial charge in [0.05, 0.1) is 5.69 Å². The van der Waals surface area contributed by atoms with E-state index in [0.29, 0.717) is 5.92 Å². The van der Waals surface area contributed by atoms with Crippen LogP contribution >= 0.6 is 0 Å². The van der Waals surface area contributed by atoms with Crippen molar-refractivity contribution in [3.63, 3.8) is 0 Å². The van der Waals surface area contributed by atoms with Gasteiger partial charge in [-0.2, -0.15) is 0 Å². The molecule has 0 saturated carbocycles. The van der Waals surface area contributed by atoms with Gasteiger partial charge in [-0.15, -0.1) is 0 Å². The Kier molecular flexibility index (Phi) is 2.49. The topological polar surface area (TPSA) is 83.8 Å². The van der Waals surface area contributed by atoms with Gasteiger partial charge in [-0.3, -0.25) is 9.78 Å². The van der Waals surface area contributed by atoms with Gasteiger partial charge in [-0.1, -0.05) is 0 Å². The van der Waals surface area contributed by atoms with E-state index in [1.165, 1.54) is 0 Å². The Morgan fingerprint density at radius 1 is 1.43 bits per heavy atom. The molecule has 1 aliphatic heterocycles. The normalized spacial score (nSPS) is 18.3. The first-order valence-corrected chi connectivity index (χ1v) is 4.83. The molecule has 1 aromatic rings. The highest BCUT2D eigenvalue weighted by atomic mass is 16.1. The molecule has 0 spiro atoms. The average molecular weight is 194 g/mol. The summed E-state index contributed by atoms with van der Waals surface area (Å²) in [5, 5.41) is 3.27. The molecule has 0 aromatic carbocycles. The summed E-state index contributed by atoms with van der Waals surface area (Å²) in [7, 11) is 0. The number of aromatic amines is 1. The molecule has 14 heavy (non-hydrogen) atoms. The lowest BCUT2D eigenvalue weighted by molar-refractivity contribution is 0.453. The van der Waals surface area contributed by atoms with E-state index in [2.05, 4.69) is 15.3 Å². The number of hydrogen-bond acceptors (Lipinski definition) is 4. The fourth-order valence-electron chi connectivity index (χ4n) is 1.82. The molecule has 2 heterocycles. The van der Waals surface area contributed by atoms with E-state index in [1.54, 1.807) is 6.07 Å². The predicted molar refractivity (Wildman–Crippen MR) is 54.1 cm³/mol. The summed E-state index contributed by atoms with van der Waals surface area (Å²) >= 11 is 0. The molecule has 1 aliphatic rings. The van der Waals surface area contributed by atoms with Crippen molar-refractivity contribution >= 4 is 5.95 Å². The van der Waals surface area contributed by atoms with Crippen LogP contribution in [-0.4, -0.2) is 23.1 Å². The van der Waals surface area contributed by atoms with E-state index in [9.17, 15) is 4.79 Å². The maximum absolute atomic E-state index is 11.2. The first kappa shape index (κ1) is 9.21. The van der Waals surface area contributed by atoms with Crippen molar-refractivity contribution in [3.8, 4) is 0 Å². The lowest BCUT2D eigenvalue weighted by Crippen LogP contribution is -2.28. The molecule has 5 nitrogen and oxygen atoms in total. The van der Waals surface area contributed by atoms with Crippen LogP contribution in [-0.2, 0) is 0 Å². The van der Waals surface area contributed by atoms with Gasteiger partial charge in [0, 0.05) is 12.0 Å². The lowest BCUT2D eigenvalue weighted by atomic mass is 9.94. The van der Waals surface area contributed by atoms with Crippen molar-refractivity contribution in [1.29, 1.82) is 0 Å². The molecule has 76 valence electrons. The van der Waals surface area contributed by atoms with Crippen molar-refractivity contribution < 1.29 is 0 Å². The number of rotatable bonds is 1. The summed E-state index contributed by atoms with van der Waals surface area (Å²) in [6, 6.07) is 1.55. The van der Waals surface area contributed by atoms with E-state index < -0.39 is 0 Å². The number of nitrogen functional groups attached to an aromatic ring is 1. The molecule has 0 atom stereocenters. The summed E-state index contributed by atoms with van der Waals surface area (Å²) < 4.78 is 0. The molecule has 0 unspecified atom stereocenters. The van der Waals surface area contributed by atoms with Gasteiger partial charge in [-0.25, -0.2) is 4.98 Å². The average Bonchev–Trinajstić information content (AvgIpc) is 2.18. The molecule has 2 rings (SSSR count). The summed E-state index contributed by atoms with van der Waals surface area (Å²) in [5.74, 6) is 0.590. The van der Waals surface area contributed by atoms with Gasteiger partial charge in [0.15, 0.2) is 0 Å². The molecule has 0 aliphatic carbocycles. The fraction of sp³-hybridized carbons (Fsp3) is 0.556. The first-order chi connectivity index (χ1) is 6.75. The Morgan fingerprint density at radius 3 is 2.79 bits per heavy atom. The number of nitrogens with zero attached hydrogens (tertiary/aromatic N) is 1. The summed E-state index contributed by atoms with van der Waals surface area (Å²) in [6.45, 7) is 1.97. The van der Waals surface area contributed by atoms with E-state index in [-0.39, 0.29) is 11.5 Å². The summed E-state index contributed by atoms with van der Waals surface area (Å²) in [4.78, 5) is 17.8. The zero-order valence-electron chi connectivity index (χ0n) is 7.92. The minimum Gasteiger partial charge on any atom is -0.369 e. The van der Waals surface area contributed by atoms with Crippen LogP contribution in [0.1, 0.15) is 24.5 Å². The van der Waals surface area contributed by atoms with E-state index in [1.807, 2.05) is 0 Å². The van der Waals surface area contributed by atoms with Crippen molar-refractivity contribution in [1.82, 2.24) is 15.3 Å². The fourth-order valence-corrected chi connectivity index (χ4v) is 1.82. The van der Waals surface area contributed by atoms with Crippen LogP contribution in [0.15, 0.2) is 10.9 Å². The van der Waals surface area contributed by atoms with Gasteiger partial charge in [0.2, 0.25) is 5.95 Å². The first-order valence-electron chi connectivity index (χ1n) is 4.83. The molecule has 0 bridgehead atoms. The number of anilines is 1. The van der Waals surface area contributed by atoms with Crippen LogP contribution in [0.3, 0.4) is 0 Å². The highest BCUT2D eigenvalue weighted by Crippen LogP contribution is 2.22. The zero-order valence-corrected chi connectivity index (χ0v) is 7.92. The third kappa shape index (κ3) is 1.93. The molecule has 4 N–H and O–H groups in total. The van der Waals surface area contributed by atoms with E-state index >= 15 is 0 Å². The van der Waals surface area contributed by atoms with Crippen molar-refractivity contribution in [2.45, 2.75) is 18.8 Å². The predicted octanol–water partition coefficient (Wildman–Crippen LogP) is -0.181. The molecule has 1 fully saturated rings. The molecule has 1 aromatic heterocycles. The van der Waals surface area contributed by atoms with Crippen LogP contribution < -0.4 is 16.6 Å². The Labute approximate surface area is 81.7 Å². The van der Waals surface area contributed by atoms with Crippen LogP contribution in [0.5, 0.6) is 0 Å². The quantitative estimate of drug-likeness (QED) is 0.579. The number of nitrogens with one attached hydrogen (secondary N) is 2. The maximum Gasteiger partial charge on any atom is 0.252 e. The maximum atomic E-state index is 11.2. The van der Waals surface area contributed by atoms with Crippen LogP contribution in [0.2, 0.25) is 0 Å². The Hall–Kier alpha value is -1.36. The molecule has 0 amide bonds. The zero-order chi connectivity index (χ0) is 9.97. The van der Waals surface area contributed by atoms with Gasteiger partial charge in [-0.05, 0) is 25.9 Å². The van der Waals surface area contributed by atoms with Gasteiger partial charge < -0.3 is 11.1 Å². The number of hydrogen-bond donors (Lipinski definition) is 3. The van der Waals surface area contributed by atoms with E-state index in [4.69, 9.17) is 5.73 Å². The second-order valence-corrected chi connectivity index (χ2v) is 3.58. The van der Waals surface area contributed by atoms with Crippen LogP contribution in [0.4, 0.5) is 5.95 Å². The highest BCUT2D eigenvalue weighted by Gasteiger charge is 2.17. The van der Waals surface area contributed by atoms with Crippen LogP contribution in [0, 0.1) is 0 Å². The Bertz CT molecular complexity index is 367. The third-order valence-electron chi connectivity index (χ3n) is 2.54. The van der Waals surface area contributed by atoms with Crippen molar-refractivity contribution in [3.05, 3.63) is 22.1 Å². The second kappa shape index (κ2) is 3.79. The minimum atomic E-state index is -0.161. The SMILES string of the molecule is Nc1nc(C2CCNCC2)cc(=O)[nH]1. The van der Waals surface area contributed by atoms with E-state index in [0.717, 1.165) is 31.6 Å². The van der Waals surface area contributed by atoms with Gasteiger partial charge >= 0.3 is 0 Å². The van der Waals surface area contributed by atoms with Gasteiger partial charge in [0.25, 0.3) is 5.56 Å². The highest BCUT2D eigenvalue weighted by molar-refractivity contribution is 5.20. The molecule has 0 radical (unpaired) electrons. The monoisotopic (exact) mass is 194 g/mol. The standard InChI is InChI=1S/C9H14N4O/c10-9-12-7(5-8(14)13-9)6-1-3-11-4-2-6/h5-6,11H,1-4H2,(H3,10,12,13,14). The number of H-pyrrole nitrogens is 1.